The number of benzene rings is 1. The van der Waals surface area contributed by atoms with Crippen LogP contribution in [0.25, 0.3) is 0 Å². The van der Waals surface area contributed by atoms with E-state index in [1.165, 1.54) is 0 Å². The van der Waals surface area contributed by atoms with Crippen LogP contribution in [0.5, 0.6) is 0 Å². The Bertz CT molecular complexity index is 576. The summed E-state index contributed by atoms with van der Waals surface area (Å²) in [5, 5.41) is 24.8. The zero-order valence-corrected chi connectivity index (χ0v) is 13.8. The van der Waals surface area contributed by atoms with Gasteiger partial charge in [-0.25, -0.2) is 4.99 Å². The van der Waals surface area contributed by atoms with E-state index in [1.54, 1.807) is 29.4 Å². The number of rotatable bonds is 6. The van der Waals surface area contributed by atoms with Crippen LogP contribution in [0.15, 0.2) is 23.2 Å². The highest BCUT2D eigenvalue weighted by Crippen LogP contribution is 2.22. The van der Waals surface area contributed by atoms with Gasteiger partial charge in [0.25, 0.3) is 0 Å². The number of aliphatic imine (C=N–C) groups is 1. The van der Waals surface area contributed by atoms with Crippen molar-refractivity contribution in [1.82, 2.24) is 10.2 Å². The second-order valence-electron chi connectivity index (χ2n) is 4.94. The maximum atomic E-state index is 9.22. The molecule has 0 bridgehead atoms. The molecule has 0 amide bonds. The van der Waals surface area contributed by atoms with E-state index in [4.69, 9.17) is 17.3 Å². The first-order chi connectivity index (χ1) is 10.5. The van der Waals surface area contributed by atoms with Crippen molar-refractivity contribution in [3.63, 3.8) is 0 Å². The van der Waals surface area contributed by atoms with Crippen LogP contribution < -0.4 is 10.6 Å². The molecule has 0 aliphatic rings. The van der Waals surface area contributed by atoms with E-state index >= 15 is 0 Å². The molecular weight excluding hydrogens is 298 g/mol. The maximum absolute atomic E-state index is 9.22. The lowest BCUT2D eigenvalue weighted by molar-refractivity contribution is 0.253. The molecule has 1 atom stereocenters. The fourth-order valence-corrected chi connectivity index (χ4v) is 1.91. The molecule has 22 heavy (non-hydrogen) atoms. The molecule has 118 valence electrons. The lowest BCUT2D eigenvalue weighted by Gasteiger charge is -2.17. The van der Waals surface area contributed by atoms with Gasteiger partial charge in [-0.2, -0.15) is 5.26 Å². The van der Waals surface area contributed by atoms with E-state index in [0.29, 0.717) is 22.1 Å². The molecule has 0 saturated carbocycles. The lowest BCUT2D eigenvalue weighted by Crippen LogP contribution is -2.39. The van der Waals surface area contributed by atoms with E-state index in [9.17, 15) is 5.26 Å². The first-order valence-electron chi connectivity index (χ1n) is 6.93. The average Bonchev–Trinajstić information content (AvgIpc) is 2.50. The number of thiocarbonyl (C=S) groups is 1. The summed E-state index contributed by atoms with van der Waals surface area (Å²) in [5.74, 6) is 0. The van der Waals surface area contributed by atoms with E-state index in [0.717, 1.165) is 6.42 Å². The van der Waals surface area contributed by atoms with Crippen LogP contribution in [0.3, 0.4) is 0 Å². The first kappa shape index (κ1) is 17.9. The standard InChI is InChI=1S/C15H21N5OS/c1-4-12(9-21)18-15(22)19-13-5-6-14(11(7-13)8-16)17-10-20(2)3/h5-7,10,12,21H,4,9H2,1-3H3,(H2,18,19,22). The quantitative estimate of drug-likeness (QED) is 0.421. The Hall–Kier alpha value is -2.17. The monoisotopic (exact) mass is 319 g/mol. The Morgan fingerprint density at radius 1 is 1.55 bits per heavy atom. The van der Waals surface area contributed by atoms with Gasteiger partial charge in [0.15, 0.2) is 5.11 Å². The van der Waals surface area contributed by atoms with Crippen LogP contribution in [0.2, 0.25) is 0 Å². The normalized spacial score (nSPS) is 11.8. The molecule has 6 nitrogen and oxygen atoms in total. The summed E-state index contributed by atoms with van der Waals surface area (Å²) in [6, 6.07) is 7.29. The van der Waals surface area contributed by atoms with Crippen LogP contribution in [0.1, 0.15) is 18.9 Å². The predicted octanol–water partition coefficient (Wildman–Crippen LogP) is 1.84. The summed E-state index contributed by atoms with van der Waals surface area (Å²) < 4.78 is 0. The van der Waals surface area contributed by atoms with Gasteiger partial charge in [-0.1, -0.05) is 6.92 Å². The van der Waals surface area contributed by atoms with E-state index < -0.39 is 0 Å². The molecule has 7 heteroatoms. The largest absolute Gasteiger partial charge is 0.394 e. The molecule has 1 rings (SSSR count). The molecule has 1 aromatic rings. The fourth-order valence-electron chi connectivity index (χ4n) is 1.62. The number of anilines is 1. The highest BCUT2D eigenvalue weighted by atomic mass is 32.1. The van der Waals surface area contributed by atoms with Gasteiger partial charge in [-0.05, 0) is 36.8 Å². The van der Waals surface area contributed by atoms with Crippen molar-refractivity contribution in [3.05, 3.63) is 23.8 Å². The second kappa shape index (κ2) is 8.97. The highest BCUT2D eigenvalue weighted by molar-refractivity contribution is 7.80. The molecule has 1 aromatic carbocycles. The zero-order chi connectivity index (χ0) is 16.5. The van der Waals surface area contributed by atoms with Gasteiger partial charge in [0.05, 0.1) is 30.2 Å². The molecule has 0 aromatic heterocycles. The Morgan fingerprint density at radius 2 is 2.27 bits per heavy atom. The third kappa shape index (κ3) is 5.68. The van der Waals surface area contributed by atoms with Crippen molar-refractivity contribution in [3.8, 4) is 6.07 Å². The van der Waals surface area contributed by atoms with Gasteiger partial charge in [-0.15, -0.1) is 0 Å². The van der Waals surface area contributed by atoms with Crippen LogP contribution in [-0.2, 0) is 0 Å². The van der Waals surface area contributed by atoms with E-state index in [2.05, 4.69) is 21.7 Å². The molecular formula is C15H21N5OS. The summed E-state index contributed by atoms with van der Waals surface area (Å²) in [5.41, 5.74) is 1.76. The summed E-state index contributed by atoms with van der Waals surface area (Å²) >= 11 is 5.19. The number of hydrogen-bond acceptors (Lipinski definition) is 4. The third-order valence-electron chi connectivity index (χ3n) is 2.85. The summed E-state index contributed by atoms with van der Waals surface area (Å²) in [7, 11) is 3.72. The van der Waals surface area contributed by atoms with Crippen molar-refractivity contribution in [2.45, 2.75) is 19.4 Å². The molecule has 0 radical (unpaired) electrons. The number of hydrogen-bond donors (Lipinski definition) is 3. The van der Waals surface area contributed by atoms with Crippen molar-refractivity contribution in [1.29, 1.82) is 5.26 Å². The average molecular weight is 319 g/mol. The summed E-state index contributed by atoms with van der Waals surface area (Å²) in [6.07, 6.45) is 2.41. The molecule has 3 N–H and O–H groups in total. The fraction of sp³-hybridized carbons (Fsp3) is 0.400. The van der Waals surface area contributed by atoms with Gasteiger partial charge < -0.3 is 20.6 Å². The Kier molecular flexibility index (Phi) is 7.29. The molecule has 0 aliphatic heterocycles. The maximum Gasteiger partial charge on any atom is 0.171 e. The Labute approximate surface area is 136 Å². The zero-order valence-electron chi connectivity index (χ0n) is 13.0. The highest BCUT2D eigenvalue weighted by Gasteiger charge is 2.08. The number of nitrogens with one attached hydrogen (secondary N) is 2. The smallest absolute Gasteiger partial charge is 0.171 e. The van der Waals surface area contributed by atoms with Crippen molar-refractivity contribution < 1.29 is 5.11 Å². The molecule has 0 aliphatic carbocycles. The first-order valence-corrected chi connectivity index (χ1v) is 7.34. The van der Waals surface area contributed by atoms with Crippen molar-refractivity contribution in [2.75, 3.05) is 26.0 Å². The van der Waals surface area contributed by atoms with Gasteiger partial charge in [0.2, 0.25) is 0 Å². The number of nitriles is 1. The van der Waals surface area contributed by atoms with Crippen molar-refractivity contribution in [2.24, 2.45) is 4.99 Å². The van der Waals surface area contributed by atoms with Gasteiger partial charge >= 0.3 is 0 Å². The molecule has 1 unspecified atom stereocenters. The number of nitrogens with zero attached hydrogens (tertiary/aromatic N) is 3. The molecule has 0 saturated heterocycles. The van der Waals surface area contributed by atoms with E-state index in [1.807, 2.05) is 21.0 Å². The van der Waals surface area contributed by atoms with Crippen LogP contribution in [0.4, 0.5) is 11.4 Å². The van der Waals surface area contributed by atoms with Crippen LogP contribution in [0, 0.1) is 11.3 Å². The Balaban J connectivity index is 2.82. The molecule has 0 spiro atoms. The molecule has 0 heterocycles. The van der Waals surface area contributed by atoms with E-state index in [-0.39, 0.29) is 12.6 Å². The Morgan fingerprint density at radius 3 is 2.82 bits per heavy atom. The topological polar surface area (TPSA) is 83.7 Å². The third-order valence-corrected chi connectivity index (χ3v) is 3.07. The van der Waals surface area contributed by atoms with Crippen LogP contribution >= 0.6 is 12.2 Å². The minimum absolute atomic E-state index is 0.0138. The summed E-state index contributed by atoms with van der Waals surface area (Å²) in [4.78, 5) is 6.04. The summed E-state index contributed by atoms with van der Waals surface area (Å²) in [6.45, 7) is 1.97. The van der Waals surface area contributed by atoms with Gasteiger partial charge in [-0.3, -0.25) is 0 Å². The SMILES string of the molecule is CCC(CO)NC(=S)Nc1ccc(N=CN(C)C)c(C#N)c1. The lowest BCUT2D eigenvalue weighted by atomic mass is 10.2. The second-order valence-corrected chi connectivity index (χ2v) is 5.35. The van der Waals surface area contributed by atoms with Gasteiger partial charge in [0.1, 0.15) is 6.07 Å². The minimum atomic E-state index is -0.0839. The number of aliphatic hydroxyl groups excluding tert-OH is 1. The van der Waals surface area contributed by atoms with Gasteiger partial charge in [0, 0.05) is 19.8 Å². The molecule has 0 fully saturated rings. The van der Waals surface area contributed by atoms with Crippen LogP contribution in [-0.4, -0.2) is 48.2 Å². The predicted molar refractivity (Wildman–Crippen MR) is 93.5 cm³/mol. The van der Waals surface area contributed by atoms with Crippen molar-refractivity contribution >= 4 is 35.0 Å². The minimum Gasteiger partial charge on any atom is -0.394 e. The number of aliphatic hydroxyl groups is 1.